The molecule has 6 heteroatoms. The second-order valence-electron chi connectivity index (χ2n) is 9.83. The van der Waals surface area contributed by atoms with E-state index < -0.39 is 6.10 Å². The van der Waals surface area contributed by atoms with Gasteiger partial charge in [-0.15, -0.1) is 0 Å². The number of para-hydroxylation sites is 3. The first kappa shape index (κ1) is 22.3. The van der Waals surface area contributed by atoms with E-state index in [-0.39, 0.29) is 24.0 Å². The number of benzene rings is 2. The second kappa shape index (κ2) is 8.58. The highest BCUT2D eigenvalue weighted by Gasteiger charge is 2.39. The van der Waals surface area contributed by atoms with Crippen LogP contribution in [0, 0.1) is 13.8 Å². The van der Waals surface area contributed by atoms with E-state index in [0.29, 0.717) is 19.5 Å². The van der Waals surface area contributed by atoms with Gasteiger partial charge in [-0.1, -0.05) is 30.3 Å². The lowest BCUT2D eigenvalue weighted by molar-refractivity contribution is -0.131. The van der Waals surface area contributed by atoms with Gasteiger partial charge < -0.3 is 19.3 Å². The molecule has 2 atom stereocenters. The molecule has 1 saturated heterocycles. The van der Waals surface area contributed by atoms with Crippen molar-refractivity contribution >= 4 is 16.9 Å². The molecule has 2 unspecified atom stereocenters. The van der Waals surface area contributed by atoms with Gasteiger partial charge in [-0.05, 0) is 57.9 Å². The van der Waals surface area contributed by atoms with Gasteiger partial charge in [-0.25, -0.2) is 4.98 Å². The van der Waals surface area contributed by atoms with Gasteiger partial charge in [-0.3, -0.25) is 4.79 Å². The van der Waals surface area contributed by atoms with Crippen molar-refractivity contribution in [3.63, 3.8) is 0 Å². The fourth-order valence-electron chi connectivity index (χ4n) is 4.60. The summed E-state index contributed by atoms with van der Waals surface area (Å²) in [4.78, 5) is 19.5. The lowest BCUT2D eigenvalue weighted by Crippen LogP contribution is -2.42. The van der Waals surface area contributed by atoms with Gasteiger partial charge in [0.15, 0.2) is 0 Å². The molecule has 1 aromatic heterocycles. The summed E-state index contributed by atoms with van der Waals surface area (Å²) < 4.78 is 8.06. The molecule has 1 aliphatic rings. The van der Waals surface area contributed by atoms with Gasteiger partial charge in [0.2, 0.25) is 5.91 Å². The fraction of sp³-hybridized carbons (Fsp3) is 0.462. The Labute approximate surface area is 189 Å². The lowest BCUT2D eigenvalue weighted by Gasteiger charge is -2.32. The zero-order valence-electron chi connectivity index (χ0n) is 19.6. The van der Waals surface area contributed by atoms with Crippen LogP contribution in [0.4, 0.5) is 0 Å². The molecular weight excluding hydrogens is 402 g/mol. The predicted molar refractivity (Wildman–Crippen MR) is 126 cm³/mol. The zero-order valence-corrected chi connectivity index (χ0v) is 19.6. The van der Waals surface area contributed by atoms with Crippen LogP contribution >= 0.6 is 0 Å². The Morgan fingerprint density at radius 2 is 1.81 bits per heavy atom. The number of carbonyl (C=O) groups is 1. The maximum Gasteiger partial charge on any atom is 0.223 e. The number of fused-ring (bicyclic) bond motifs is 1. The van der Waals surface area contributed by atoms with Crippen LogP contribution in [-0.4, -0.2) is 50.3 Å². The number of aromatic nitrogens is 2. The van der Waals surface area contributed by atoms with E-state index >= 15 is 0 Å². The summed E-state index contributed by atoms with van der Waals surface area (Å²) in [6.45, 7) is 11.4. The minimum absolute atomic E-state index is 0.000792. The van der Waals surface area contributed by atoms with E-state index in [1.165, 1.54) is 0 Å². The first-order valence-corrected chi connectivity index (χ1v) is 11.3. The number of rotatable bonds is 6. The summed E-state index contributed by atoms with van der Waals surface area (Å²) >= 11 is 0. The molecule has 1 aliphatic heterocycles. The number of aliphatic hydroxyl groups is 1. The van der Waals surface area contributed by atoms with Crippen LogP contribution in [0.3, 0.4) is 0 Å². The van der Waals surface area contributed by atoms with Crippen molar-refractivity contribution in [1.29, 1.82) is 0 Å². The summed E-state index contributed by atoms with van der Waals surface area (Å²) in [6, 6.07) is 14.0. The van der Waals surface area contributed by atoms with Crippen LogP contribution in [0.15, 0.2) is 42.5 Å². The van der Waals surface area contributed by atoms with Crippen LogP contribution in [0.25, 0.3) is 11.0 Å². The molecule has 1 amide bonds. The molecule has 6 nitrogen and oxygen atoms in total. The normalized spacial score (nSPS) is 17.9. The molecule has 4 rings (SSSR count). The molecule has 0 saturated carbocycles. The van der Waals surface area contributed by atoms with Gasteiger partial charge >= 0.3 is 0 Å². The van der Waals surface area contributed by atoms with Crippen LogP contribution < -0.4 is 4.74 Å². The van der Waals surface area contributed by atoms with Crippen molar-refractivity contribution in [2.75, 3.05) is 13.2 Å². The summed E-state index contributed by atoms with van der Waals surface area (Å²) in [5, 5.41) is 10.9. The smallest absolute Gasteiger partial charge is 0.223 e. The SMILES string of the molecule is Cc1cccc(C)c1OCC(O)Cn1c(C2CC(=O)N(C(C)(C)C)C2)nc2ccccc21. The van der Waals surface area contributed by atoms with Crippen LogP contribution in [0.5, 0.6) is 5.75 Å². The molecule has 3 aromatic rings. The first-order chi connectivity index (χ1) is 15.1. The van der Waals surface area contributed by atoms with Gasteiger partial charge in [0.05, 0.1) is 17.6 Å². The summed E-state index contributed by atoms with van der Waals surface area (Å²) in [7, 11) is 0. The van der Waals surface area contributed by atoms with E-state index in [4.69, 9.17) is 9.72 Å². The Hall–Kier alpha value is -2.86. The Kier molecular flexibility index (Phi) is 5.99. The van der Waals surface area contributed by atoms with Crippen molar-refractivity contribution in [3.05, 3.63) is 59.4 Å². The fourth-order valence-corrected chi connectivity index (χ4v) is 4.60. The summed E-state index contributed by atoms with van der Waals surface area (Å²) in [5.41, 5.74) is 3.74. The van der Waals surface area contributed by atoms with Crippen LogP contribution in [0.2, 0.25) is 0 Å². The van der Waals surface area contributed by atoms with Crippen molar-refractivity contribution < 1.29 is 14.6 Å². The third-order valence-electron chi connectivity index (χ3n) is 6.21. The number of hydrogen-bond donors (Lipinski definition) is 1. The molecule has 0 bridgehead atoms. The van der Waals surface area contributed by atoms with E-state index in [2.05, 4.69) is 25.3 Å². The zero-order chi connectivity index (χ0) is 23.0. The number of aryl methyl sites for hydroxylation is 2. The number of imidazole rings is 1. The van der Waals surface area contributed by atoms with Gasteiger partial charge in [-0.2, -0.15) is 0 Å². The van der Waals surface area contributed by atoms with Crippen molar-refractivity contribution in [1.82, 2.24) is 14.5 Å². The predicted octanol–water partition coefficient (Wildman–Crippen LogP) is 4.21. The standard InChI is InChI=1S/C26H33N3O3/c1-17-9-8-10-18(2)24(17)32-16-20(30)15-28-22-12-7-6-11-21(22)27-25(28)19-13-23(31)29(14-19)26(3,4)5/h6-12,19-20,30H,13-16H2,1-5H3. The molecule has 0 spiro atoms. The largest absolute Gasteiger partial charge is 0.490 e. The summed E-state index contributed by atoms with van der Waals surface area (Å²) in [5.74, 6) is 1.84. The van der Waals surface area contributed by atoms with Crippen LogP contribution in [-0.2, 0) is 11.3 Å². The molecule has 2 aromatic carbocycles. The average molecular weight is 436 g/mol. The molecular formula is C26H33N3O3. The first-order valence-electron chi connectivity index (χ1n) is 11.3. The van der Waals surface area contributed by atoms with Gasteiger partial charge in [0.1, 0.15) is 24.3 Å². The van der Waals surface area contributed by atoms with Crippen molar-refractivity contribution in [2.45, 2.75) is 65.1 Å². The molecule has 170 valence electrons. The van der Waals surface area contributed by atoms with Gasteiger partial charge in [0, 0.05) is 24.4 Å². The number of amides is 1. The second-order valence-corrected chi connectivity index (χ2v) is 9.83. The molecule has 0 radical (unpaired) electrons. The number of nitrogens with zero attached hydrogens (tertiary/aromatic N) is 3. The molecule has 1 fully saturated rings. The maximum atomic E-state index is 12.7. The van der Waals surface area contributed by atoms with E-state index in [1.54, 1.807) is 0 Å². The minimum atomic E-state index is -0.707. The third-order valence-corrected chi connectivity index (χ3v) is 6.21. The molecule has 2 heterocycles. The minimum Gasteiger partial charge on any atom is -0.490 e. The third kappa shape index (κ3) is 4.37. The van der Waals surface area contributed by atoms with Crippen molar-refractivity contribution in [2.24, 2.45) is 0 Å². The number of hydrogen-bond acceptors (Lipinski definition) is 4. The van der Waals surface area contributed by atoms with Crippen molar-refractivity contribution in [3.8, 4) is 5.75 Å². The molecule has 32 heavy (non-hydrogen) atoms. The maximum absolute atomic E-state index is 12.7. The van der Waals surface area contributed by atoms with Gasteiger partial charge in [0.25, 0.3) is 0 Å². The Bertz CT molecular complexity index is 1110. The number of likely N-dealkylation sites (tertiary alicyclic amines) is 1. The number of aliphatic hydroxyl groups excluding tert-OH is 1. The molecule has 0 aliphatic carbocycles. The summed E-state index contributed by atoms with van der Waals surface area (Å²) in [6.07, 6.45) is -0.267. The average Bonchev–Trinajstić information content (AvgIpc) is 3.28. The highest BCUT2D eigenvalue weighted by molar-refractivity contribution is 5.81. The highest BCUT2D eigenvalue weighted by Crippen LogP contribution is 2.34. The quantitative estimate of drug-likeness (QED) is 0.630. The van der Waals surface area contributed by atoms with E-state index in [0.717, 1.165) is 33.7 Å². The number of carbonyl (C=O) groups excluding carboxylic acids is 1. The Balaban J connectivity index is 1.58. The Morgan fingerprint density at radius 3 is 2.47 bits per heavy atom. The lowest BCUT2D eigenvalue weighted by atomic mass is 10.1. The topological polar surface area (TPSA) is 67.6 Å². The van der Waals surface area contributed by atoms with Crippen LogP contribution in [0.1, 0.15) is 50.1 Å². The Morgan fingerprint density at radius 1 is 1.12 bits per heavy atom. The highest BCUT2D eigenvalue weighted by atomic mass is 16.5. The number of ether oxygens (including phenoxy) is 1. The molecule has 1 N–H and O–H groups in total. The van der Waals surface area contributed by atoms with E-state index in [9.17, 15) is 9.90 Å². The monoisotopic (exact) mass is 435 g/mol. The van der Waals surface area contributed by atoms with E-state index in [1.807, 2.05) is 61.2 Å².